The molecule has 0 spiro atoms. The second-order valence-electron chi connectivity index (χ2n) is 3.70. The van der Waals surface area contributed by atoms with Crippen molar-refractivity contribution in [1.29, 1.82) is 0 Å². The second-order valence-corrected chi connectivity index (χ2v) is 3.70. The Morgan fingerprint density at radius 2 is 2.14 bits per heavy atom. The number of rotatable bonds is 2. The molecule has 0 radical (unpaired) electrons. The molecule has 1 atom stereocenters. The van der Waals surface area contributed by atoms with Crippen LogP contribution in [0.15, 0.2) is 0 Å². The number of ether oxygens (including phenoxy) is 1. The largest absolute Gasteiger partial charge is 0.481 e. The van der Waals surface area contributed by atoms with Gasteiger partial charge in [-0.15, -0.1) is 0 Å². The summed E-state index contributed by atoms with van der Waals surface area (Å²) in [6, 6.07) is 0. The highest BCUT2D eigenvalue weighted by molar-refractivity contribution is 5.74. The quantitative estimate of drug-likeness (QED) is 0.722. The first-order chi connectivity index (χ1) is 6.50. The molecule has 80 valence electrons. The van der Waals surface area contributed by atoms with Crippen LogP contribution in [0.2, 0.25) is 0 Å². The van der Waals surface area contributed by atoms with Gasteiger partial charge in [0.1, 0.15) is 0 Å². The normalized spacial score (nSPS) is 21.4. The minimum atomic E-state index is -0.843. The van der Waals surface area contributed by atoms with E-state index in [2.05, 4.69) is 0 Å². The Kier molecular flexibility index (Phi) is 3.33. The molecule has 0 aliphatic carbocycles. The van der Waals surface area contributed by atoms with Crippen LogP contribution < -0.4 is 0 Å². The van der Waals surface area contributed by atoms with Crippen molar-refractivity contribution in [2.75, 3.05) is 13.1 Å². The highest BCUT2D eigenvalue weighted by Crippen LogP contribution is 2.17. The van der Waals surface area contributed by atoms with E-state index in [1.807, 2.05) is 0 Å². The van der Waals surface area contributed by atoms with Gasteiger partial charge in [0, 0.05) is 13.1 Å². The molecule has 1 heterocycles. The fourth-order valence-electron chi connectivity index (χ4n) is 1.40. The maximum absolute atomic E-state index is 11.3. The molecule has 1 N–H and O–H groups in total. The van der Waals surface area contributed by atoms with Crippen LogP contribution in [0.1, 0.15) is 20.3 Å². The number of carboxylic acid groups (broad SMARTS) is 1. The predicted octanol–water partition coefficient (Wildman–Crippen LogP) is 0.938. The molecule has 1 aliphatic heterocycles. The molecule has 1 unspecified atom stereocenters. The van der Waals surface area contributed by atoms with Gasteiger partial charge in [-0.25, -0.2) is 4.79 Å². The third-order valence-corrected chi connectivity index (χ3v) is 2.13. The molecule has 0 aromatic rings. The highest BCUT2D eigenvalue weighted by atomic mass is 16.6. The Bertz CT molecular complexity index is 239. The Morgan fingerprint density at radius 3 is 2.57 bits per heavy atom. The van der Waals surface area contributed by atoms with Gasteiger partial charge in [0.2, 0.25) is 0 Å². The molecule has 5 nitrogen and oxygen atoms in total. The zero-order chi connectivity index (χ0) is 10.7. The Labute approximate surface area is 82.6 Å². The Balaban J connectivity index is 2.42. The standard InChI is InChI=1S/C9H15NO4/c1-6(2)14-9(13)10-4-3-7(5-10)8(11)12/h6-7H,3-5H2,1-2H3,(H,11,12). The predicted molar refractivity (Wildman–Crippen MR) is 48.9 cm³/mol. The van der Waals surface area contributed by atoms with Crippen molar-refractivity contribution < 1.29 is 19.4 Å². The molecule has 0 aromatic heterocycles. The number of hydrogen-bond donors (Lipinski definition) is 1. The first-order valence-electron chi connectivity index (χ1n) is 4.69. The number of aliphatic carboxylic acids is 1. The van der Waals surface area contributed by atoms with Crippen molar-refractivity contribution in [3.8, 4) is 0 Å². The summed E-state index contributed by atoms with van der Waals surface area (Å²) < 4.78 is 4.96. The fraction of sp³-hybridized carbons (Fsp3) is 0.778. The monoisotopic (exact) mass is 201 g/mol. The number of carboxylic acids is 1. The van der Waals surface area contributed by atoms with Crippen LogP contribution in [0.3, 0.4) is 0 Å². The lowest BCUT2D eigenvalue weighted by Gasteiger charge is -2.17. The van der Waals surface area contributed by atoms with Crippen LogP contribution in [-0.2, 0) is 9.53 Å². The first-order valence-corrected chi connectivity index (χ1v) is 4.69. The van der Waals surface area contributed by atoms with Gasteiger partial charge in [0.05, 0.1) is 12.0 Å². The minimum absolute atomic E-state index is 0.161. The Morgan fingerprint density at radius 1 is 1.50 bits per heavy atom. The zero-order valence-electron chi connectivity index (χ0n) is 8.40. The molecule has 1 aliphatic rings. The van der Waals surface area contributed by atoms with Crippen molar-refractivity contribution in [3.05, 3.63) is 0 Å². The average Bonchev–Trinajstić information content (AvgIpc) is 2.50. The molecule has 5 heteroatoms. The van der Waals surface area contributed by atoms with Crippen LogP contribution in [0.5, 0.6) is 0 Å². The lowest BCUT2D eigenvalue weighted by atomic mass is 10.1. The van der Waals surface area contributed by atoms with E-state index in [9.17, 15) is 9.59 Å². The van der Waals surface area contributed by atoms with E-state index in [0.29, 0.717) is 13.0 Å². The van der Waals surface area contributed by atoms with Gasteiger partial charge >= 0.3 is 12.1 Å². The van der Waals surface area contributed by atoms with Crippen molar-refractivity contribution >= 4 is 12.1 Å². The van der Waals surface area contributed by atoms with Crippen LogP contribution in [0.25, 0.3) is 0 Å². The maximum atomic E-state index is 11.3. The molecule has 1 rings (SSSR count). The van der Waals surface area contributed by atoms with Crippen LogP contribution in [-0.4, -0.2) is 41.3 Å². The number of likely N-dealkylation sites (tertiary alicyclic amines) is 1. The summed E-state index contributed by atoms with van der Waals surface area (Å²) in [4.78, 5) is 23.4. The first kappa shape index (κ1) is 10.8. The zero-order valence-corrected chi connectivity index (χ0v) is 8.40. The van der Waals surface area contributed by atoms with Gasteiger partial charge in [0.25, 0.3) is 0 Å². The molecule has 0 saturated carbocycles. The number of amides is 1. The van der Waals surface area contributed by atoms with Crippen molar-refractivity contribution in [2.45, 2.75) is 26.4 Å². The number of carbonyl (C=O) groups is 2. The van der Waals surface area contributed by atoms with Gasteiger partial charge in [-0.3, -0.25) is 4.79 Å². The number of hydrogen-bond acceptors (Lipinski definition) is 3. The van der Waals surface area contributed by atoms with Crippen molar-refractivity contribution in [1.82, 2.24) is 4.90 Å². The highest BCUT2D eigenvalue weighted by Gasteiger charge is 2.31. The Hall–Kier alpha value is -1.26. The van der Waals surface area contributed by atoms with E-state index in [-0.39, 0.29) is 12.6 Å². The van der Waals surface area contributed by atoms with Crippen molar-refractivity contribution in [3.63, 3.8) is 0 Å². The van der Waals surface area contributed by atoms with Crippen molar-refractivity contribution in [2.24, 2.45) is 5.92 Å². The van der Waals surface area contributed by atoms with E-state index in [1.165, 1.54) is 4.90 Å². The fourth-order valence-corrected chi connectivity index (χ4v) is 1.40. The molecule has 1 amide bonds. The molecule has 14 heavy (non-hydrogen) atoms. The summed E-state index contributed by atoms with van der Waals surface area (Å²) in [6.07, 6.45) is -0.0576. The van der Waals surface area contributed by atoms with E-state index >= 15 is 0 Å². The summed E-state index contributed by atoms with van der Waals surface area (Å²) in [7, 11) is 0. The second kappa shape index (κ2) is 4.30. The summed E-state index contributed by atoms with van der Waals surface area (Å²) in [5.74, 6) is -1.28. The molecule has 1 saturated heterocycles. The van der Waals surface area contributed by atoms with Gasteiger partial charge in [-0.1, -0.05) is 0 Å². The average molecular weight is 201 g/mol. The van der Waals surface area contributed by atoms with E-state index in [0.717, 1.165) is 0 Å². The molecular weight excluding hydrogens is 186 g/mol. The van der Waals surface area contributed by atoms with Crippen LogP contribution in [0, 0.1) is 5.92 Å². The molecule has 0 aromatic carbocycles. The van der Waals surface area contributed by atoms with Crippen LogP contribution in [0.4, 0.5) is 4.79 Å². The van der Waals surface area contributed by atoms with Gasteiger partial charge in [-0.2, -0.15) is 0 Å². The van der Waals surface area contributed by atoms with Gasteiger partial charge < -0.3 is 14.7 Å². The third kappa shape index (κ3) is 2.61. The lowest BCUT2D eigenvalue weighted by Crippen LogP contribution is -2.32. The summed E-state index contributed by atoms with van der Waals surface area (Å²) in [5.41, 5.74) is 0. The lowest BCUT2D eigenvalue weighted by molar-refractivity contribution is -0.141. The van der Waals surface area contributed by atoms with E-state index < -0.39 is 18.0 Å². The summed E-state index contributed by atoms with van der Waals surface area (Å²) in [6.45, 7) is 4.27. The van der Waals surface area contributed by atoms with E-state index in [1.54, 1.807) is 13.8 Å². The topological polar surface area (TPSA) is 66.8 Å². The SMILES string of the molecule is CC(C)OC(=O)N1CCC(C(=O)O)C1. The number of nitrogens with zero attached hydrogens (tertiary/aromatic N) is 1. The summed E-state index contributed by atoms with van der Waals surface area (Å²) in [5, 5.41) is 8.72. The molecule has 0 bridgehead atoms. The van der Waals surface area contributed by atoms with E-state index in [4.69, 9.17) is 9.84 Å². The molecule has 1 fully saturated rings. The third-order valence-electron chi connectivity index (χ3n) is 2.13. The smallest absolute Gasteiger partial charge is 0.410 e. The maximum Gasteiger partial charge on any atom is 0.410 e. The van der Waals surface area contributed by atoms with Gasteiger partial charge in [-0.05, 0) is 20.3 Å². The van der Waals surface area contributed by atoms with Gasteiger partial charge in [0.15, 0.2) is 0 Å². The van der Waals surface area contributed by atoms with Crippen LogP contribution >= 0.6 is 0 Å². The minimum Gasteiger partial charge on any atom is -0.481 e. The summed E-state index contributed by atoms with van der Waals surface area (Å²) >= 11 is 0. The number of carbonyl (C=O) groups excluding carboxylic acids is 1. The molecular formula is C9H15NO4.